The Hall–Kier alpha value is -1.37. The molecule has 0 aliphatic heterocycles. The summed E-state index contributed by atoms with van der Waals surface area (Å²) in [5.41, 5.74) is 0.131. The number of rotatable bonds is 6. The maximum Gasteiger partial charge on any atom is 0.359 e. The van der Waals surface area contributed by atoms with Gasteiger partial charge in [-0.25, -0.2) is 14.6 Å². The van der Waals surface area contributed by atoms with Gasteiger partial charge in [-0.3, -0.25) is 0 Å². The normalized spacial score (nSPS) is 10.2. The van der Waals surface area contributed by atoms with Gasteiger partial charge in [0.05, 0.1) is 19.5 Å². The first-order valence-electron chi connectivity index (χ1n) is 5.61. The summed E-state index contributed by atoms with van der Waals surface area (Å²) in [5, 5.41) is 0.637. The van der Waals surface area contributed by atoms with Crippen molar-refractivity contribution in [3.05, 3.63) is 17.7 Å². The van der Waals surface area contributed by atoms with Crippen molar-refractivity contribution < 1.29 is 19.1 Å². The fraction of sp³-hybridized carbons (Fsp3) is 0.545. The highest BCUT2D eigenvalue weighted by Gasteiger charge is 2.25. The maximum atomic E-state index is 11.8. The van der Waals surface area contributed by atoms with Crippen LogP contribution in [0, 0.1) is 0 Å². The molecule has 18 heavy (non-hydrogen) atoms. The first-order chi connectivity index (χ1) is 8.65. The van der Waals surface area contributed by atoms with E-state index < -0.39 is 11.9 Å². The number of hydrogen-bond acceptors (Lipinski definition) is 5. The molecule has 0 atom stereocenters. The molecule has 0 radical (unpaired) electrons. The Kier molecular flexibility index (Phi) is 5.84. The predicted octanol–water partition coefficient (Wildman–Crippen LogP) is 1.63. The van der Waals surface area contributed by atoms with Crippen LogP contribution in [-0.2, 0) is 16.0 Å². The average molecular weight is 319 g/mol. The van der Waals surface area contributed by atoms with Crippen LogP contribution in [0.15, 0.2) is 6.33 Å². The Morgan fingerprint density at radius 2 is 1.89 bits per heavy atom. The number of carbonyl (C=O) groups excluding carboxylic acids is 2. The second kappa shape index (κ2) is 7.15. The van der Waals surface area contributed by atoms with E-state index in [1.807, 2.05) is 0 Å². The molecule has 1 aromatic heterocycles. The van der Waals surface area contributed by atoms with Gasteiger partial charge in [0.25, 0.3) is 0 Å². The molecule has 0 fully saturated rings. The molecule has 6 nitrogen and oxygen atoms in total. The van der Waals surface area contributed by atoms with Crippen molar-refractivity contribution in [2.45, 2.75) is 20.4 Å². The van der Waals surface area contributed by atoms with Gasteiger partial charge in [0.1, 0.15) is 0 Å². The van der Waals surface area contributed by atoms with Crippen molar-refractivity contribution >= 4 is 27.9 Å². The molecule has 0 amide bonds. The third kappa shape index (κ3) is 3.32. The zero-order valence-corrected chi connectivity index (χ0v) is 11.9. The molecule has 1 aromatic rings. The van der Waals surface area contributed by atoms with E-state index in [-0.39, 0.29) is 24.6 Å². The second-order valence-corrected chi connectivity index (χ2v) is 4.06. The molecule has 0 spiro atoms. The Balaban J connectivity index is 3.10. The third-order valence-corrected chi connectivity index (χ3v) is 2.46. The summed E-state index contributed by atoms with van der Waals surface area (Å²) in [5.74, 6) is -1.19. The number of aryl methyl sites for hydroxylation is 1. The molecule has 0 unspecified atom stereocenters. The fourth-order valence-corrected chi connectivity index (χ4v) is 1.79. The quantitative estimate of drug-likeness (QED) is 0.589. The number of ether oxygens (including phenoxy) is 2. The Labute approximate surface area is 113 Å². The van der Waals surface area contributed by atoms with Gasteiger partial charge in [-0.15, -0.1) is 0 Å². The molecule has 1 heterocycles. The Bertz CT molecular complexity index is 431. The molecule has 0 saturated carbocycles. The molecule has 0 aromatic carbocycles. The highest BCUT2D eigenvalue weighted by atomic mass is 79.9. The van der Waals surface area contributed by atoms with Crippen LogP contribution in [-0.4, -0.2) is 40.0 Å². The van der Waals surface area contributed by atoms with Gasteiger partial charge >= 0.3 is 11.9 Å². The maximum absolute atomic E-state index is 11.8. The largest absolute Gasteiger partial charge is 0.461 e. The van der Waals surface area contributed by atoms with E-state index in [0.29, 0.717) is 11.9 Å². The van der Waals surface area contributed by atoms with Crippen LogP contribution in [0.5, 0.6) is 0 Å². The first kappa shape index (κ1) is 14.7. The number of alkyl halides is 1. The summed E-state index contributed by atoms with van der Waals surface area (Å²) in [6, 6.07) is 0. The monoisotopic (exact) mass is 318 g/mol. The summed E-state index contributed by atoms with van der Waals surface area (Å²) in [6.45, 7) is 4.37. The summed E-state index contributed by atoms with van der Waals surface area (Å²) in [6.07, 6.45) is 1.43. The lowest BCUT2D eigenvalue weighted by atomic mass is 10.3. The number of carbonyl (C=O) groups is 2. The van der Waals surface area contributed by atoms with Crippen molar-refractivity contribution in [2.75, 3.05) is 18.5 Å². The molecule has 1 rings (SSSR count). The molecule has 0 bridgehead atoms. The first-order valence-corrected chi connectivity index (χ1v) is 6.73. The lowest BCUT2D eigenvalue weighted by Gasteiger charge is -2.07. The minimum atomic E-state index is -0.617. The minimum absolute atomic E-state index is 0.00347. The number of hydrogen-bond donors (Lipinski definition) is 0. The lowest BCUT2D eigenvalue weighted by molar-refractivity contribution is 0.0467. The van der Waals surface area contributed by atoms with E-state index in [4.69, 9.17) is 9.47 Å². The van der Waals surface area contributed by atoms with Crippen molar-refractivity contribution in [2.24, 2.45) is 0 Å². The van der Waals surface area contributed by atoms with E-state index >= 15 is 0 Å². The number of nitrogens with zero attached hydrogens (tertiary/aromatic N) is 2. The Morgan fingerprint density at radius 3 is 2.44 bits per heavy atom. The number of esters is 2. The highest BCUT2D eigenvalue weighted by Crippen LogP contribution is 2.12. The van der Waals surface area contributed by atoms with Gasteiger partial charge < -0.3 is 14.0 Å². The standard InChI is InChI=1S/C11H15BrN2O4/c1-3-17-10(15)8-9(11(16)18-4-2)14(6-5-12)7-13-8/h7H,3-6H2,1-2H3. The summed E-state index contributed by atoms with van der Waals surface area (Å²) in [7, 11) is 0. The van der Waals surface area contributed by atoms with Crippen LogP contribution in [0.4, 0.5) is 0 Å². The molecule has 7 heteroatoms. The van der Waals surface area contributed by atoms with Crippen LogP contribution in [0.1, 0.15) is 34.8 Å². The zero-order valence-electron chi connectivity index (χ0n) is 10.3. The molecule has 0 aliphatic carbocycles. The molecular formula is C11H15BrN2O4. The number of imidazole rings is 1. The summed E-state index contributed by atoms with van der Waals surface area (Å²) < 4.78 is 11.3. The Morgan fingerprint density at radius 1 is 1.28 bits per heavy atom. The van der Waals surface area contributed by atoms with Gasteiger partial charge in [-0.05, 0) is 13.8 Å². The third-order valence-electron chi connectivity index (χ3n) is 2.10. The summed E-state index contributed by atoms with van der Waals surface area (Å²) >= 11 is 3.27. The fourth-order valence-electron chi connectivity index (χ4n) is 1.41. The van der Waals surface area contributed by atoms with E-state index in [9.17, 15) is 9.59 Å². The minimum Gasteiger partial charge on any atom is -0.461 e. The van der Waals surface area contributed by atoms with Crippen molar-refractivity contribution in [3.63, 3.8) is 0 Å². The molecular weight excluding hydrogens is 304 g/mol. The number of halogens is 1. The smallest absolute Gasteiger partial charge is 0.359 e. The van der Waals surface area contributed by atoms with Gasteiger partial charge in [-0.1, -0.05) is 15.9 Å². The predicted molar refractivity (Wildman–Crippen MR) is 67.9 cm³/mol. The SMILES string of the molecule is CCOC(=O)c1ncn(CCBr)c1C(=O)OCC. The number of aromatic nitrogens is 2. The van der Waals surface area contributed by atoms with Gasteiger partial charge in [0.2, 0.25) is 0 Å². The second-order valence-electron chi connectivity index (χ2n) is 3.27. The van der Waals surface area contributed by atoms with E-state index in [1.54, 1.807) is 18.4 Å². The van der Waals surface area contributed by atoms with Crippen LogP contribution in [0.25, 0.3) is 0 Å². The van der Waals surface area contributed by atoms with E-state index in [0.717, 1.165) is 0 Å². The topological polar surface area (TPSA) is 70.4 Å². The van der Waals surface area contributed by atoms with Gasteiger partial charge in [0.15, 0.2) is 11.4 Å². The van der Waals surface area contributed by atoms with E-state index in [1.165, 1.54) is 6.33 Å². The van der Waals surface area contributed by atoms with Gasteiger partial charge in [-0.2, -0.15) is 0 Å². The summed E-state index contributed by atoms with van der Waals surface area (Å²) in [4.78, 5) is 27.4. The van der Waals surface area contributed by atoms with Crippen LogP contribution < -0.4 is 0 Å². The highest BCUT2D eigenvalue weighted by molar-refractivity contribution is 9.09. The molecule has 0 N–H and O–H groups in total. The van der Waals surface area contributed by atoms with Crippen LogP contribution in [0.2, 0.25) is 0 Å². The zero-order chi connectivity index (χ0) is 13.5. The van der Waals surface area contributed by atoms with Crippen molar-refractivity contribution in [3.8, 4) is 0 Å². The average Bonchev–Trinajstić information content (AvgIpc) is 2.74. The molecule has 0 aliphatic rings. The van der Waals surface area contributed by atoms with Crippen molar-refractivity contribution in [1.29, 1.82) is 0 Å². The van der Waals surface area contributed by atoms with Gasteiger partial charge in [0, 0.05) is 11.9 Å². The van der Waals surface area contributed by atoms with Crippen molar-refractivity contribution in [1.82, 2.24) is 9.55 Å². The molecule has 0 saturated heterocycles. The van der Waals surface area contributed by atoms with E-state index in [2.05, 4.69) is 20.9 Å². The molecule has 100 valence electrons. The van der Waals surface area contributed by atoms with Crippen LogP contribution in [0.3, 0.4) is 0 Å². The van der Waals surface area contributed by atoms with Crippen LogP contribution >= 0.6 is 15.9 Å². The lowest BCUT2D eigenvalue weighted by Crippen LogP contribution is -2.18.